The molecule has 0 aliphatic heterocycles. The van der Waals surface area contributed by atoms with Crippen molar-refractivity contribution in [1.82, 2.24) is 9.13 Å². The van der Waals surface area contributed by atoms with Crippen LogP contribution in [0, 0.1) is 6.92 Å². The molecule has 0 fully saturated rings. The maximum Gasteiger partial charge on any atom is 0.317 e. The number of rotatable bonds is 4. The van der Waals surface area contributed by atoms with E-state index in [4.69, 9.17) is 0 Å². The minimum absolute atomic E-state index is 0.376. The maximum atomic E-state index is 12.9. The number of benzene rings is 3. The van der Waals surface area contributed by atoms with Gasteiger partial charge in [0.15, 0.2) is 0 Å². The highest BCUT2D eigenvalue weighted by molar-refractivity contribution is 5.76. The second kappa shape index (κ2) is 7.08. The molecule has 0 saturated heterocycles. The van der Waals surface area contributed by atoms with Crippen molar-refractivity contribution < 1.29 is 0 Å². The van der Waals surface area contributed by atoms with Gasteiger partial charge in [0, 0.05) is 0 Å². The first-order valence-electron chi connectivity index (χ1n) is 8.95. The summed E-state index contributed by atoms with van der Waals surface area (Å²) in [5, 5.41) is 0. The molecule has 1 heterocycles. The molecule has 0 N–H and O–H groups in total. The molecule has 0 aliphatic carbocycles. The fraction of sp³-hybridized carbons (Fsp3) is 0.130. The van der Waals surface area contributed by atoms with Crippen molar-refractivity contribution in [1.29, 1.82) is 0 Å². The lowest BCUT2D eigenvalue weighted by Crippen LogP contribution is -2.42. The van der Waals surface area contributed by atoms with Crippen LogP contribution in [0.15, 0.2) is 88.5 Å². The maximum absolute atomic E-state index is 12.9. The van der Waals surface area contributed by atoms with Gasteiger partial charge in [-0.25, -0.2) is 0 Å². The van der Waals surface area contributed by atoms with Crippen LogP contribution in [0.3, 0.4) is 0 Å². The molecule has 0 bridgehead atoms. The lowest BCUT2D eigenvalue weighted by molar-refractivity contribution is 0.711. The molecule has 0 aliphatic rings. The minimum atomic E-state index is -0.494. The van der Waals surface area contributed by atoms with Crippen molar-refractivity contribution in [3.63, 3.8) is 0 Å². The summed E-state index contributed by atoms with van der Waals surface area (Å²) in [7, 11) is 0. The molecule has 0 radical (unpaired) electrons. The molecule has 134 valence electrons. The third kappa shape index (κ3) is 3.34. The van der Waals surface area contributed by atoms with Gasteiger partial charge in [0.25, 0.3) is 0 Å². The van der Waals surface area contributed by atoms with Crippen LogP contribution in [0.4, 0.5) is 0 Å². The van der Waals surface area contributed by atoms with Crippen molar-refractivity contribution >= 4 is 11.0 Å². The molecule has 4 heteroatoms. The van der Waals surface area contributed by atoms with Crippen molar-refractivity contribution in [2.45, 2.75) is 20.0 Å². The Bertz CT molecular complexity index is 1210. The van der Waals surface area contributed by atoms with E-state index < -0.39 is 11.1 Å². The number of fused-ring (bicyclic) bond motifs is 1. The van der Waals surface area contributed by atoms with E-state index in [-0.39, 0.29) is 0 Å². The summed E-state index contributed by atoms with van der Waals surface area (Å²) in [5.74, 6) is 0. The van der Waals surface area contributed by atoms with E-state index in [2.05, 4.69) is 0 Å². The predicted octanol–water partition coefficient (Wildman–Crippen LogP) is 3.57. The first-order chi connectivity index (χ1) is 13.1. The van der Waals surface area contributed by atoms with Crippen LogP contribution in [-0.4, -0.2) is 9.13 Å². The molecular formula is C23H20N2O2. The summed E-state index contributed by atoms with van der Waals surface area (Å²) in [6.45, 7) is 2.74. The third-order valence-electron chi connectivity index (χ3n) is 4.75. The first-order valence-corrected chi connectivity index (χ1v) is 8.95. The highest BCUT2D eigenvalue weighted by Gasteiger charge is 2.14. The molecule has 4 aromatic rings. The Balaban J connectivity index is 1.94. The molecule has 3 aromatic carbocycles. The molecule has 0 spiro atoms. The highest BCUT2D eigenvalue weighted by atomic mass is 16.2. The number of hydrogen-bond donors (Lipinski definition) is 0. The van der Waals surface area contributed by atoms with Gasteiger partial charge in [0.05, 0.1) is 24.1 Å². The standard InChI is InChI=1S/C23H20N2O2/c1-17-12-13-20-21(14-17)25(16-19-10-6-3-7-11-19)23(27)22(26)24(20)15-18-8-4-2-5-9-18/h2-14H,15-16H2,1H3. The molecule has 1 aromatic heterocycles. The Kier molecular flexibility index (Phi) is 4.47. The average molecular weight is 356 g/mol. The van der Waals surface area contributed by atoms with Crippen molar-refractivity contribution in [3.05, 3.63) is 116 Å². The summed E-state index contributed by atoms with van der Waals surface area (Å²) in [6.07, 6.45) is 0. The second-order valence-electron chi connectivity index (χ2n) is 6.75. The van der Waals surface area contributed by atoms with Gasteiger partial charge < -0.3 is 0 Å². The van der Waals surface area contributed by atoms with Crippen LogP contribution < -0.4 is 11.1 Å². The first kappa shape index (κ1) is 17.0. The number of hydrogen-bond acceptors (Lipinski definition) is 2. The molecule has 0 atom stereocenters. The number of aryl methyl sites for hydroxylation is 1. The van der Waals surface area contributed by atoms with Gasteiger partial charge in [0.1, 0.15) is 0 Å². The summed E-state index contributed by atoms with van der Waals surface area (Å²) in [4.78, 5) is 25.9. The Morgan fingerprint density at radius 1 is 0.630 bits per heavy atom. The quantitative estimate of drug-likeness (QED) is 0.525. The average Bonchev–Trinajstić information content (AvgIpc) is 2.70. The Hall–Kier alpha value is -3.40. The summed E-state index contributed by atoms with van der Waals surface area (Å²) >= 11 is 0. The fourth-order valence-corrected chi connectivity index (χ4v) is 3.37. The molecular weight excluding hydrogens is 336 g/mol. The zero-order chi connectivity index (χ0) is 18.8. The summed E-state index contributed by atoms with van der Waals surface area (Å²) < 4.78 is 3.16. The van der Waals surface area contributed by atoms with Crippen LogP contribution in [0.1, 0.15) is 16.7 Å². The Morgan fingerprint density at radius 3 is 1.63 bits per heavy atom. The third-order valence-corrected chi connectivity index (χ3v) is 4.75. The van der Waals surface area contributed by atoms with E-state index in [0.29, 0.717) is 13.1 Å². The smallest absolute Gasteiger partial charge is 0.298 e. The second-order valence-corrected chi connectivity index (χ2v) is 6.75. The van der Waals surface area contributed by atoms with Gasteiger partial charge in [0.2, 0.25) is 0 Å². The van der Waals surface area contributed by atoms with E-state index in [9.17, 15) is 9.59 Å². The van der Waals surface area contributed by atoms with Crippen LogP contribution in [0.5, 0.6) is 0 Å². The van der Waals surface area contributed by atoms with Gasteiger partial charge in [-0.1, -0.05) is 66.7 Å². The van der Waals surface area contributed by atoms with Crippen LogP contribution in [-0.2, 0) is 13.1 Å². The zero-order valence-electron chi connectivity index (χ0n) is 15.1. The van der Waals surface area contributed by atoms with Crippen LogP contribution in [0.2, 0.25) is 0 Å². The molecule has 0 saturated carbocycles. The van der Waals surface area contributed by atoms with E-state index >= 15 is 0 Å². The molecule has 4 nitrogen and oxygen atoms in total. The largest absolute Gasteiger partial charge is 0.317 e. The Labute approximate surface area is 157 Å². The highest BCUT2D eigenvalue weighted by Crippen LogP contribution is 2.16. The monoisotopic (exact) mass is 356 g/mol. The van der Waals surface area contributed by atoms with Gasteiger partial charge >= 0.3 is 11.1 Å². The molecule has 27 heavy (non-hydrogen) atoms. The van der Waals surface area contributed by atoms with Gasteiger partial charge in [-0.05, 0) is 35.7 Å². The van der Waals surface area contributed by atoms with E-state index in [1.54, 1.807) is 9.13 Å². The lowest BCUT2D eigenvalue weighted by Gasteiger charge is -2.16. The molecule has 4 rings (SSSR count). The van der Waals surface area contributed by atoms with Gasteiger partial charge in [-0.15, -0.1) is 0 Å². The van der Waals surface area contributed by atoms with E-state index in [1.165, 1.54) is 0 Å². The van der Waals surface area contributed by atoms with E-state index in [0.717, 1.165) is 27.7 Å². The van der Waals surface area contributed by atoms with Crippen molar-refractivity contribution in [3.8, 4) is 0 Å². The van der Waals surface area contributed by atoms with Crippen molar-refractivity contribution in [2.75, 3.05) is 0 Å². The number of nitrogens with zero attached hydrogens (tertiary/aromatic N) is 2. The summed E-state index contributed by atoms with van der Waals surface area (Å²) in [5.41, 5.74) is 3.58. The molecule has 0 amide bonds. The van der Waals surface area contributed by atoms with Crippen LogP contribution >= 0.6 is 0 Å². The van der Waals surface area contributed by atoms with Crippen molar-refractivity contribution in [2.24, 2.45) is 0 Å². The molecule has 0 unspecified atom stereocenters. The Morgan fingerprint density at radius 2 is 1.11 bits per heavy atom. The number of aromatic nitrogens is 2. The fourth-order valence-electron chi connectivity index (χ4n) is 3.37. The topological polar surface area (TPSA) is 44.0 Å². The normalized spacial score (nSPS) is 11.0. The summed E-state index contributed by atoms with van der Waals surface area (Å²) in [6, 6.07) is 25.3. The minimum Gasteiger partial charge on any atom is -0.298 e. The van der Waals surface area contributed by atoms with Crippen LogP contribution in [0.25, 0.3) is 11.0 Å². The lowest BCUT2D eigenvalue weighted by atomic mass is 10.1. The van der Waals surface area contributed by atoms with E-state index in [1.807, 2.05) is 85.8 Å². The zero-order valence-corrected chi connectivity index (χ0v) is 15.1. The SMILES string of the molecule is Cc1ccc2c(c1)n(Cc1ccccc1)c(=O)c(=O)n2Cc1ccccc1. The predicted molar refractivity (Wildman–Crippen MR) is 108 cm³/mol. The van der Waals surface area contributed by atoms with Gasteiger partial charge in [-0.2, -0.15) is 0 Å². The van der Waals surface area contributed by atoms with Gasteiger partial charge in [-0.3, -0.25) is 18.7 Å².